The Hall–Kier alpha value is -1.81. The van der Waals surface area contributed by atoms with Crippen molar-refractivity contribution < 1.29 is 9.47 Å². The summed E-state index contributed by atoms with van der Waals surface area (Å²) < 4.78 is 11.1. The van der Waals surface area contributed by atoms with Gasteiger partial charge in [0, 0.05) is 5.69 Å². The molecule has 2 rings (SSSR count). The fourth-order valence-corrected chi connectivity index (χ4v) is 2.32. The lowest BCUT2D eigenvalue weighted by atomic mass is 10.1. The molecule has 4 nitrogen and oxygen atoms in total. The van der Waals surface area contributed by atoms with Gasteiger partial charge in [-0.15, -0.1) is 0 Å². The van der Waals surface area contributed by atoms with Gasteiger partial charge < -0.3 is 9.47 Å². The Labute approximate surface area is 130 Å². The van der Waals surface area contributed by atoms with Gasteiger partial charge in [0.05, 0.1) is 19.3 Å². The molecule has 5 heteroatoms. The standard InChI is InChI=1S/C16H19ClN2O2/c1-4-7-11-10-14(17)19-16(18-11)12-8-6-9-13(20-3)15(12)21-5-2/h6,8-10H,4-5,7H2,1-3H3. The molecule has 0 spiro atoms. The maximum absolute atomic E-state index is 6.12. The zero-order valence-electron chi connectivity index (χ0n) is 12.5. The third kappa shape index (κ3) is 3.64. The van der Waals surface area contributed by atoms with Crippen LogP contribution >= 0.6 is 11.6 Å². The summed E-state index contributed by atoms with van der Waals surface area (Å²) >= 11 is 6.12. The van der Waals surface area contributed by atoms with Crippen molar-refractivity contribution in [2.45, 2.75) is 26.7 Å². The quantitative estimate of drug-likeness (QED) is 0.752. The summed E-state index contributed by atoms with van der Waals surface area (Å²) in [5.41, 5.74) is 1.72. The van der Waals surface area contributed by atoms with Crippen molar-refractivity contribution in [3.05, 3.63) is 35.1 Å². The highest BCUT2D eigenvalue weighted by Crippen LogP contribution is 2.37. The molecule has 0 aliphatic heterocycles. The molecule has 0 saturated heterocycles. The zero-order chi connectivity index (χ0) is 15.2. The molecule has 21 heavy (non-hydrogen) atoms. The number of aryl methyl sites for hydroxylation is 1. The molecule has 0 aliphatic rings. The summed E-state index contributed by atoms with van der Waals surface area (Å²) in [5, 5.41) is 0.439. The van der Waals surface area contributed by atoms with Crippen LogP contribution in [0.3, 0.4) is 0 Å². The van der Waals surface area contributed by atoms with E-state index < -0.39 is 0 Å². The second kappa shape index (κ2) is 7.27. The van der Waals surface area contributed by atoms with E-state index >= 15 is 0 Å². The molecule has 0 bridgehead atoms. The maximum Gasteiger partial charge on any atom is 0.172 e. The molecule has 0 unspecified atom stereocenters. The Balaban J connectivity index is 2.55. The topological polar surface area (TPSA) is 44.2 Å². The van der Waals surface area contributed by atoms with Crippen LogP contribution in [0, 0.1) is 0 Å². The number of para-hydroxylation sites is 1. The van der Waals surface area contributed by atoms with Gasteiger partial charge in [0.2, 0.25) is 0 Å². The molecule has 1 aromatic heterocycles. The highest BCUT2D eigenvalue weighted by Gasteiger charge is 2.15. The molecule has 0 atom stereocenters. The fraction of sp³-hybridized carbons (Fsp3) is 0.375. The second-order valence-corrected chi connectivity index (χ2v) is 4.91. The maximum atomic E-state index is 6.12. The zero-order valence-corrected chi connectivity index (χ0v) is 13.3. The minimum Gasteiger partial charge on any atom is -0.493 e. The summed E-state index contributed by atoms with van der Waals surface area (Å²) in [5.74, 6) is 1.87. The molecule has 1 aromatic carbocycles. The smallest absolute Gasteiger partial charge is 0.172 e. The molecule has 0 saturated carbocycles. The van der Waals surface area contributed by atoms with Crippen LogP contribution in [-0.4, -0.2) is 23.7 Å². The number of rotatable bonds is 6. The van der Waals surface area contributed by atoms with Crippen LogP contribution in [0.4, 0.5) is 0 Å². The van der Waals surface area contributed by atoms with Crippen molar-refractivity contribution in [2.24, 2.45) is 0 Å². The van der Waals surface area contributed by atoms with Crippen molar-refractivity contribution in [3.8, 4) is 22.9 Å². The first-order valence-corrected chi connectivity index (χ1v) is 7.41. The Morgan fingerprint density at radius 1 is 1.19 bits per heavy atom. The van der Waals surface area contributed by atoms with E-state index in [1.807, 2.05) is 25.1 Å². The normalized spacial score (nSPS) is 10.5. The monoisotopic (exact) mass is 306 g/mol. The summed E-state index contributed by atoms with van der Waals surface area (Å²) in [6.45, 7) is 4.57. The number of aromatic nitrogens is 2. The predicted octanol–water partition coefficient (Wildman–Crippen LogP) is 4.16. The van der Waals surface area contributed by atoms with Gasteiger partial charge in [0.15, 0.2) is 17.3 Å². The van der Waals surface area contributed by atoms with Crippen LogP contribution in [0.5, 0.6) is 11.5 Å². The average molecular weight is 307 g/mol. The Bertz CT molecular complexity index is 617. The molecule has 112 valence electrons. The summed E-state index contributed by atoms with van der Waals surface area (Å²) in [6, 6.07) is 7.45. The van der Waals surface area contributed by atoms with Gasteiger partial charge in [-0.1, -0.05) is 31.0 Å². The third-order valence-corrected chi connectivity index (χ3v) is 3.18. The lowest BCUT2D eigenvalue weighted by molar-refractivity contribution is 0.312. The van der Waals surface area contributed by atoms with Crippen molar-refractivity contribution >= 4 is 11.6 Å². The van der Waals surface area contributed by atoms with E-state index in [0.29, 0.717) is 29.1 Å². The van der Waals surface area contributed by atoms with E-state index in [1.165, 1.54) is 0 Å². The van der Waals surface area contributed by atoms with Gasteiger partial charge >= 0.3 is 0 Å². The fourth-order valence-electron chi connectivity index (χ4n) is 2.11. The Morgan fingerprint density at radius 2 is 2.00 bits per heavy atom. The Kier molecular flexibility index (Phi) is 5.39. The number of nitrogens with zero attached hydrogens (tertiary/aromatic N) is 2. The predicted molar refractivity (Wildman–Crippen MR) is 84.2 cm³/mol. The number of ether oxygens (including phenoxy) is 2. The van der Waals surface area contributed by atoms with Crippen molar-refractivity contribution in [3.63, 3.8) is 0 Å². The highest BCUT2D eigenvalue weighted by molar-refractivity contribution is 6.29. The first-order chi connectivity index (χ1) is 10.2. The van der Waals surface area contributed by atoms with Crippen LogP contribution in [0.25, 0.3) is 11.4 Å². The van der Waals surface area contributed by atoms with E-state index in [-0.39, 0.29) is 0 Å². The van der Waals surface area contributed by atoms with Crippen LogP contribution < -0.4 is 9.47 Å². The number of hydrogen-bond donors (Lipinski definition) is 0. The van der Waals surface area contributed by atoms with E-state index in [1.54, 1.807) is 13.2 Å². The largest absolute Gasteiger partial charge is 0.493 e. The van der Waals surface area contributed by atoms with E-state index in [9.17, 15) is 0 Å². The molecular formula is C16H19ClN2O2. The molecule has 0 amide bonds. The van der Waals surface area contributed by atoms with Gasteiger partial charge in [0.1, 0.15) is 5.15 Å². The second-order valence-electron chi connectivity index (χ2n) is 4.53. The van der Waals surface area contributed by atoms with E-state index in [4.69, 9.17) is 21.1 Å². The number of benzene rings is 1. The number of halogens is 1. The lowest BCUT2D eigenvalue weighted by Crippen LogP contribution is -2.01. The van der Waals surface area contributed by atoms with Crippen LogP contribution in [0.15, 0.2) is 24.3 Å². The minimum absolute atomic E-state index is 0.439. The number of hydrogen-bond acceptors (Lipinski definition) is 4. The third-order valence-electron chi connectivity index (χ3n) is 2.98. The molecular weight excluding hydrogens is 288 g/mol. The van der Waals surface area contributed by atoms with Crippen molar-refractivity contribution in [1.82, 2.24) is 9.97 Å². The van der Waals surface area contributed by atoms with Crippen molar-refractivity contribution in [2.75, 3.05) is 13.7 Å². The summed E-state index contributed by atoms with van der Waals surface area (Å²) in [4.78, 5) is 8.90. The first kappa shape index (κ1) is 15.6. The minimum atomic E-state index is 0.439. The van der Waals surface area contributed by atoms with Gasteiger partial charge in [-0.2, -0.15) is 0 Å². The SMILES string of the molecule is CCCc1cc(Cl)nc(-c2cccc(OC)c2OCC)n1. The van der Waals surface area contributed by atoms with Crippen LogP contribution in [0.1, 0.15) is 26.0 Å². The van der Waals surface area contributed by atoms with Gasteiger partial charge in [-0.3, -0.25) is 0 Å². The highest BCUT2D eigenvalue weighted by atomic mass is 35.5. The van der Waals surface area contributed by atoms with E-state index in [2.05, 4.69) is 16.9 Å². The molecule has 2 aromatic rings. The lowest BCUT2D eigenvalue weighted by Gasteiger charge is -2.13. The van der Waals surface area contributed by atoms with Gasteiger partial charge in [-0.25, -0.2) is 9.97 Å². The summed E-state index contributed by atoms with van der Waals surface area (Å²) in [7, 11) is 1.61. The van der Waals surface area contributed by atoms with Crippen LogP contribution in [-0.2, 0) is 6.42 Å². The van der Waals surface area contributed by atoms with Crippen LogP contribution in [0.2, 0.25) is 5.15 Å². The van der Waals surface area contributed by atoms with E-state index in [0.717, 1.165) is 24.1 Å². The number of methoxy groups -OCH3 is 1. The van der Waals surface area contributed by atoms with Gasteiger partial charge in [0.25, 0.3) is 0 Å². The molecule has 1 heterocycles. The van der Waals surface area contributed by atoms with Gasteiger partial charge in [-0.05, 0) is 31.5 Å². The average Bonchev–Trinajstić information content (AvgIpc) is 2.47. The molecule has 0 radical (unpaired) electrons. The molecule has 0 fully saturated rings. The van der Waals surface area contributed by atoms with Crippen molar-refractivity contribution in [1.29, 1.82) is 0 Å². The summed E-state index contributed by atoms with van der Waals surface area (Å²) in [6.07, 6.45) is 1.87. The first-order valence-electron chi connectivity index (χ1n) is 7.03. The molecule has 0 N–H and O–H groups in total. The molecule has 0 aliphatic carbocycles. The Morgan fingerprint density at radius 3 is 2.67 bits per heavy atom.